The minimum atomic E-state index is -3.86. The first-order valence-electron chi connectivity index (χ1n) is 7.15. The van der Waals surface area contributed by atoms with Crippen molar-refractivity contribution in [3.63, 3.8) is 0 Å². The number of aromatic nitrogens is 1. The van der Waals surface area contributed by atoms with Gasteiger partial charge in [-0.2, -0.15) is 0 Å². The van der Waals surface area contributed by atoms with E-state index in [0.29, 0.717) is 11.6 Å². The van der Waals surface area contributed by atoms with E-state index in [-0.39, 0.29) is 10.6 Å². The lowest BCUT2D eigenvalue weighted by atomic mass is 10.2. The molecule has 7 heteroatoms. The highest BCUT2D eigenvalue weighted by Gasteiger charge is 2.23. The van der Waals surface area contributed by atoms with E-state index >= 15 is 0 Å². The number of benzene rings is 2. The first-order chi connectivity index (χ1) is 11.4. The average Bonchev–Trinajstić information content (AvgIpc) is 3.01. The number of nitrogens with zero attached hydrogens (tertiary/aromatic N) is 2. The molecule has 0 unspecified atom stereocenters. The molecule has 0 spiro atoms. The molecule has 0 amide bonds. The topological polar surface area (TPSA) is 63.4 Å². The van der Waals surface area contributed by atoms with E-state index in [1.165, 1.54) is 43.6 Å². The molecule has 3 aromatic rings. The second-order valence-corrected chi connectivity index (χ2v) is 7.17. The Balaban J connectivity index is 1.94. The van der Waals surface area contributed by atoms with Gasteiger partial charge in [0.1, 0.15) is 17.8 Å². The van der Waals surface area contributed by atoms with Crippen LogP contribution >= 0.6 is 0 Å². The first kappa shape index (κ1) is 16.2. The van der Waals surface area contributed by atoms with Crippen LogP contribution in [0.4, 0.5) is 10.1 Å². The van der Waals surface area contributed by atoms with Gasteiger partial charge >= 0.3 is 0 Å². The molecule has 2 aromatic carbocycles. The Kier molecular flexibility index (Phi) is 4.11. The monoisotopic (exact) mass is 346 g/mol. The summed E-state index contributed by atoms with van der Waals surface area (Å²) in [6.07, 6.45) is 1.50. The summed E-state index contributed by atoms with van der Waals surface area (Å²) in [5.74, 6) is -0.0701. The normalized spacial score (nSPS) is 11.5. The van der Waals surface area contributed by atoms with Crippen molar-refractivity contribution in [2.24, 2.45) is 0 Å². The van der Waals surface area contributed by atoms with Gasteiger partial charge in [0, 0.05) is 19.5 Å². The maximum atomic E-state index is 13.8. The molecule has 0 bridgehead atoms. The van der Waals surface area contributed by atoms with Gasteiger partial charge in [-0.15, -0.1) is 0 Å². The Labute approximate surface area is 139 Å². The number of anilines is 1. The van der Waals surface area contributed by atoms with Gasteiger partial charge in [-0.25, -0.2) is 17.8 Å². The number of sulfonamides is 1. The van der Waals surface area contributed by atoms with Crippen LogP contribution in [0.5, 0.6) is 0 Å². The molecular formula is C17H15FN2O3S. The molecule has 0 radical (unpaired) electrons. The molecule has 3 rings (SSSR count). The number of halogens is 1. The molecule has 0 saturated carbocycles. The minimum Gasteiger partial charge on any atom is -0.449 e. The predicted octanol–water partition coefficient (Wildman–Crippen LogP) is 3.61. The van der Waals surface area contributed by atoms with Crippen molar-refractivity contribution in [2.75, 3.05) is 11.4 Å². The highest BCUT2D eigenvalue weighted by Crippen LogP contribution is 2.26. The fourth-order valence-electron chi connectivity index (χ4n) is 2.29. The van der Waals surface area contributed by atoms with Crippen molar-refractivity contribution in [1.82, 2.24) is 4.98 Å². The van der Waals surface area contributed by atoms with Crippen LogP contribution < -0.4 is 4.31 Å². The van der Waals surface area contributed by atoms with Crippen LogP contribution in [0.15, 0.2) is 64.1 Å². The summed E-state index contributed by atoms with van der Waals surface area (Å²) in [6, 6.07) is 11.9. The fourth-order valence-corrected chi connectivity index (χ4v) is 3.49. The van der Waals surface area contributed by atoms with Gasteiger partial charge in [0.25, 0.3) is 10.0 Å². The summed E-state index contributed by atoms with van der Waals surface area (Å²) in [4.78, 5) is 4.26. The van der Waals surface area contributed by atoms with Crippen LogP contribution in [0.25, 0.3) is 11.3 Å². The van der Waals surface area contributed by atoms with Gasteiger partial charge in [0.05, 0.1) is 10.6 Å². The molecule has 0 fully saturated rings. The molecular weight excluding hydrogens is 331 g/mol. The summed E-state index contributed by atoms with van der Waals surface area (Å²) in [5, 5.41) is 0. The van der Waals surface area contributed by atoms with E-state index in [2.05, 4.69) is 4.98 Å². The number of aryl methyl sites for hydroxylation is 1. The number of para-hydroxylation sites is 1. The van der Waals surface area contributed by atoms with Crippen molar-refractivity contribution in [3.05, 3.63) is 66.5 Å². The van der Waals surface area contributed by atoms with Gasteiger partial charge in [-0.3, -0.25) is 4.31 Å². The van der Waals surface area contributed by atoms with E-state index in [9.17, 15) is 12.8 Å². The number of hydrogen-bond donors (Lipinski definition) is 0. The largest absolute Gasteiger partial charge is 0.449 e. The lowest BCUT2D eigenvalue weighted by Crippen LogP contribution is -2.27. The molecule has 5 nitrogen and oxygen atoms in total. The van der Waals surface area contributed by atoms with Gasteiger partial charge in [0.15, 0.2) is 5.89 Å². The summed E-state index contributed by atoms with van der Waals surface area (Å²) in [6.45, 7) is 1.73. The number of hydrogen-bond acceptors (Lipinski definition) is 4. The minimum absolute atomic E-state index is 0.00583. The van der Waals surface area contributed by atoms with Crippen molar-refractivity contribution in [2.45, 2.75) is 11.8 Å². The van der Waals surface area contributed by atoms with Crippen molar-refractivity contribution in [1.29, 1.82) is 0 Å². The Hall–Kier alpha value is -2.67. The zero-order valence-corrected chi connectivity index (χ0v) is 13.9. The summed E-state index contributed by atoms with van der Waals surface area (Å²) in [7, 11) is -2.54. The molecule has 0 N–H and O–H groups in total. The van der Waals surface area contributed by atoms with Gasteiger partial charge < -0.3 is 4.42 Å². The standard InChI is InChI=1S/C17H15FN2O3S/c1-12-19-16(11-23-12)13-7-9-14(10-8-13)24(21,22)20(2)17-6-4-3-5-15(17)18/h3-11H,1-2H3. The Morgan fingerprint density at radius 3 is 2.33 bits per heavy atom. The summed E-state index contributed by atoms with van der Waals surface area (Å²) in [5.41, 5.74) is 1.35. The Bertz CT molecular complexity index is 966. The maximum Gasteiger partial charge on any atom is 0.264 e. The third kappa shape index (κ3) is 2.90. The van der Waals surface area contributed by atoms with Gasteiger partial charge in [0.2, 0.25) is 0 Å². The molecule has 24 heavy (non-hydrogen) atoms. The molecule has 0 aliphatic rings. The zero-order valence-electron chi connectivity index (χ0n) is 13.1. The molecule has 0 aliphatic carbocycles. The number of rotatable bonds is 4. The highest BCUT2D eigenvalue weighted by atomic mass is 32.2. The van der Waals surface area contributed by atoms with Crippen LogP contribution in [0.1, 0.15) is 5.89 Å². The lowest BCUT2D eigenvalue weighted by Gasteiger charge is -2.20. The van der Waals surface area contributed by atoms with Crippen LogP contribution in [0.2, 0.25) is 0 Å². The first-order valence-corrected chi connectivity index (χ1v) is 8.59. The zero-order chi connectivity index (χ0) is 17.3. The van der Waals surface area contributed by atoms with Crippen molar-refractivity contribution < 1.29 is 17.2 Å². The third-order valence-electron chi connectivity index (χ3n) is 3.62. The Morgan fingerprint density at radius 1 is 1.08 bits per heavy atom. The van der Waals surface area contributed by atoms with Crippen LogP contribution in [-0.2, 0) is 10.0 Å². The second kappa shape index (κ2) is 6.09. The fraction of sp³-hybridized carbons (Fsp3) is 0.118. The van der Waals surface area contributed by atoms with E-state index < -0.39 is 15.8 Å². The lowest BCUT2D eigenvalue weighted by molar-refractivity contribution is 0.521. The molecule has 0 saturated heterocycles. The molecule has 0 atom stereocenters. The van der Waals surface area contributed by atoms with E-state index in [0.717, 1.165) is 9.87 Å². The van der Waals surface area contributed by atoms with E-state index in [1.54, 1.807) is 25.1 Å². The van der Waals surface area contributed by atoms with Gasteiger partial charge in [-0.05, 0) is 24.3 Å². The quantitative estimate of drug-likeness (QED) is 0.724. The summed E-state index contributed by atoms with van der Waals surface area (Å²) < 4.78 is 45.2. The predicted molar refractivity (Wildman–Crippen MR) is 88.7 cm³/mol. The molecule has 124 valence electrons. The summed E-state index contributed by atoms with van der Waals surface area (Å²) >= 11 is 0. The second-order valence-electron chi connectivity index (χ2n) is 5.20. The van der Waals surface area contributed by atoms with Crippen LogP contribution in [0.3, 0.4) is 0 Å². The van der Waals surface area contributed by atoms with Crippen LogP contribution in [0, 0.1) is 12.7 Å². The molecule has 1 heterocycles. The average molecular weight is 346 g/mol. The highest BCUT2D eigenvalue weighted by molar-refractivity contribution is 7.92. The van der Waals surface area contributed by atoms with Gasteiger partial charge in [-0.1, -0.05) is 24.3 Å². The maximum absolute atomic E-state index is 13.8. The SMILES string of the molecule is Cc1nc(-c2ccc(S(=O)(=O)N(C)c3ccccc3F)cc2)co1. The van der Waals surface area contributed by atoms with E-state index in [4.69, 9.17) is 4.42 Å². The third-order valence-corrected chi connectivity index (χ3v) is 5.40. The van der Waals surface area contributed by atoms with Crippen molar-refractivity contribution in [3.8, 4) is 11.3 Å². The van der Waals surface area contributed by atoms with E-state index in [1.807, 2.05) is 0 Å². The Morgan fingerprint density at radius 2 is 1.75 bits per heavy atom. The van der Waals surface area contributed by atoms with Crippen molar-refractivity contribution >= 4 is 15.7 Å². The number of oxazole rings is 1. The molecule has 0 aliphatic heterocycles. The molecule has 1 aromatic heterocycles. The smallest absolute Gasteiger partial charge is 0.264 e. The van der Waals surface area contributed by atoms with Crippen LogP contribution in [-0.4, -0.2) is 20.4 Å².